The quantitative estimate of drug-likeness (QED) is 0.0324. The van der Waals surface area contributed by atoms with Gasteiger partial charge in [-0.15, -0.1) is 0 Å². The first-order chi connectivity index (χ1) is 38.7. The molecule has 79 heavy (non-hydrogen) atoms. The average molecular weight is 1120 g/mol. The van der Waals surface area contributed by atoms with Crippen molar-refractivity contribution in [1.29, 1.82) is 0 Å². The Morgan fingerprint density at radius 2 is 0.595 bits per heavy atom. The van der Waals surface area contributed by atoms with Gasteiger partial charge in [0.15, 0.2) is 6.29 Å². The Hall–Kier alpha value is -2.32. The van der Waals surface area contributed by atoms with E-state index in [-0.39, 0.29) is 30.5 Å². The van der Waals surface area contributed by atoms with E-state index in [2.05, 4.69) is 25.7 Å². The van der Waals surface area contributed by atoms with Crippen LogP contribution in [0.1, 0.15) is 310 Å². The summed E-state index contributed by atoms with van der Waals surface area (Å²) < 4.78 is 48.6. The van der Waals surface area contributed by atoms with Gasteiger partial charge in [0.25, 0.3) is 0 Å². The number of carbonyl (C=O) groups is 4. The third-order valence-electron chi connectivity index (χ3n) is 15.2. The van der Waals surface area contributed by atoms with Gasteiger partial charge in [0.2, 0.25) is 0 Å². The Balaban J connectivity index is 2.63. The molecule has 0 spiro atoms. The molecule has 1 aliphatic heterocycles. The van der Waals surface area contributed by atoms with Gasteiger partial charge in [-0.25, -0.2) is 0 Å². The smallest absolute Gasteiger partial charge is 0.305 e. The predicted octanol–water partition coefficient (Wildman–Crippen LogP) is 16.8. The molecule has 0 bridgehead atoms. The fourth-order valence-corrected chi connectivity index (χ4v) is 10.1. The molecule has 1 rings (SSSR count). The maximum Gasteiger partial charge on any atom is 0.305 e. The first-order valence-electron chi connectivity index (χ1n) is 33.5. The summed E-state index contributed by atoms with van der Waals surface area (Å²) in [6.07, 6.45) is 45.2. The van der Waals surface area contributed by atoms with Gasteiger partial charge in [-0.2, -0.15) is 0 Å². The number of nitrogens with zero attached hydrogens (tertiary/aromatic N) is 1. The fraction of sp³-hybridized carbons (Fsp3) is 0.939. The first-order valence-corrected chi connectivity index (χ1v) is 33.5. The molecule has 0 aromatic rings. The van der Waals surface area contributed by atoms with Crippen molar-refractivity contribution in [3.8, 4) is 0 Å². The molecule has 0 aromatic heterocycles. The first kappa shape index (κ1) is 74.7. The van der Waals surface area contributed by atoms with Crippen molar-refractivity contribution in [3.05, 3.63) is 0 Å². The Bertz CT molecular complexity index is 1370. The maximum absolute atomic E-state index is 12.9. The lowest BCUT2D eigenvalue weighted by atomic mass is 10.1. The van der Waals surface area contributed by atoms with Crippen LogP contribution in [0.3, 0.4) is 0 Å². The minimum Gasteiger partial charge on any atom is -0.466 e. The third-order valence-corrected chi connectivity index (χ3v) is 15.2. The lowest BCUT2D eigenvalue weighted by Gasteiger charge is -2.25. The van der Waals surface area contributed by atoms with E-state index >= 15 is 0 Å². The van der Waals surface area contributed by atoms with Crippen LogP contribution < -0.4 is 0 Å². The third kappa shape index (κ3) is 48.9. The Morgan fingerprint density at radius 3 is 0.949 bits per heavy atom. The van der Waals surface area contributed by atoms with Gasteiger partial charge >= 0.3 is 23.9 Å². The molecule has 13 heteroatoms. The Morgan fingerprint density at radius 1 is 0.316 bits per heavy atom. The van der Waals surface area contributed by atoms with Crippen molar-refractivity contribution in [2.75, 3.05) is 66.9 Å². The monoisotopic (exact) mass is 1120 g/mol. The van der Waals surface area contributed by atoms with Gasteiger partial charge in [0, 0.05) is 45.5 Å². The number of ether oxygens (including phenoxy) is 8. The normalized spacial score (nSPS) is 16.2. The standard InChI is InChI=1S/C66H125NO12/c1-6-9-12-15-20-29-38-48-61(69)73-53-40-31-22-17-25-34-43-55-75-64-59(58-78-63(71)50-46-51-67(4)5)79-66(77-57-45-36-27-19-24-33-42-52-72-60(68)47-37-28-14-11-8-3)65(64)76-56-44-35-26-18-23-32-41-54-74-62(70)49-39-30-21-16-13-10-7-2/h59,64-66H,6-58H2,1-5H3/t59-,64?,65+,66-/m1/s1. The summed E-state index contributed by atoms with van der Waals surface area (Å²) in [5.74, 6) is -0.389. The molecule has 0 radical (unpaired) electrons. The summed E-state index contributed by atoms with van der Waals surface area (Å²) in [6.45, 7) is 10.8. The fourth-order valence-electron chi connectivity index (χ4n) is 10.1. The second-order valence-corrected chi connectivity index (χ2v) is 23.2. The largest absolute Gasteiger partial charge is 0.466 e. The topological polar surface area (TPSA) is 145 Å². The molecule has 1 aliphatic rings. The summed E-state index contributed by atoms with van der Waals surface area (Å²) in [5, 5.41) is 0. The molecule has 1 heterocycles. The van der Waals surface area contributed by atoms with Crippen molar-refractivity contribution in [3.63, 3.8) is 0 Å². The number of hydrogen-bond donors (Lipinski definition) is 0. The zero-order valence-corrected chi connectivity index (χ0v) is 52.1. The van der Waals surface area contributed by atoms with Gasteiger partial charge < -0.3 is 42.8 Å². The molecule has 1 fully saturated rings. The van der Waals surface area contributed by atoms with Crippen LogP contribution in [-0.4, -0.2) is 120 Å². The number of carbonyl (C=O) groups excluding carboxylic acids is 4. The van der Waals surface area contributed by atoms with E-state index in [1.165, 1.54) is 83.5 Å². The Labute approximate surface area is 485 Å². The molecule has 0 N–H and O–H groups in total. The van der Waals surface area contributed by atoms with E-state index in [9.17, 15) is 19.2 Å². The zero-order valence-electron chi connectivity index (χ0n) is 52.1. The van der Waals surface area contributed by atoms with Gasteiger partial charge in [-0.1, -0.05) is 220 Å². The van der Waals surface area contributed by atoms with Crippen LogP contribution in [0.25, 0.3) is 0 Å². The van der Waals surface area contributed by atoms with Crippen molar-refractivity contribution in [2.45, 2.75) is 334 Å². The molecular formula is C66H125NO12. The highest BCUT2D eigenvalue weighted by Crippen LogP contribution is 2.30. The zero-order chi connectivity index (χ0) is 57.3. The van der Waals surface area contributed by atoms with Crippen molar-refractivity contribution >= 4 is 23.9 Å². The molecular weight excluding hydrogens is 999 g/mol. The van der Waals surface area contributed by atoms with Crippen LogP contribution in [-0.2, 0) is 57.1 Å². The number of rotatable bonds is 61. The summed E-state index contributed by atoms with van der Waals surface area (Å²) in [7, 11) is 4.01. The summed E-state index contributed by atoms with van der Waals surface area (Å²) in [6, 6.07) is 0. The van der Waals surface area contributed by atoms with Crippen LogP contribution >= 0.6 is 0 Å². The van der Waals surface area contributed by atoms with E-state index in [1.54, 1.807) is 0 Å². The van der Waals surface area contributed by atoms with Crippen LogP contribution in [0, 0.1) is 0 Å². The number of unbranched alkanes of at least 4 members (excludes halogenated alkanes) is 34. The molecule has 4 atom stereocenters. The van der Waals surface area contributed by atoms with Crippen LogP contribution in [0.2, 0.25) is 0 Å². The van der Waals surface area contributed by atoms with Gasteiger partial charge in [0.1, 0.15) is 24.9 Å². The number of hydrogen-bond acceptors (Lipinski definition) is 13. The minimum atomic E-state index is -0.620. The molecule has 0 aromatic carbocycles. The second-order valence-electron chi connectivity index (χ2n) is 23.2. The maximum atomic E-state index is 12.9. The summed E-state index contributed by atoms with van der Waals surface area (Å²) >= 11 is 0. The van der Waals surface area contributed by atoms with E-state index in [0.29, 0.717) is 65.3 Å². The van der Waals surface area contributed by atoms with E-state index in [4.69, 9.17) is 37.9 Å². The van der Waals surface area contributed by atoms with Gasteiger partial charge in [-0.3, -0.25) is 19.2 Å². The molecule has 0 amide bonds. The van der Waals surface area contributed by atoms with Gasteiger partial charge in [0.05, 0.1) is 19.8 Å². The van der Waals surface area contributed by atoms with Crippen LogP contribution in [0.4, 0.5) is 0 Å². The lowest BCUT2D eigenvalue weighted by molar-refractivity contribution is -0.184. The van der Waals surface area contributed by atoms with Crippen LogP contribution in [0.15, 0.2) is 0 Å². The summed E-state index contributed by atoms with van der Waals surface area (Å²) in [5.41, 5.74) is 0. The predicted molar refractivity (Wildman–Crippen MR) is 321 cm³/mol. The molecule has 0 aliphatic carbocycles. The van der Waals surface area contributed by atoms with Crippen molar-refractivity contribution in [1.82, 2.24) is 4.90 Å². The van der Waals surface area contributed by atoms with E-state index in [1.807, 2.05) is 14.1 Å². The number of esters is 4. The highest BCUT2D eigenvalue weighted by molar-refractivity contribution is 5.70. The summed E-state index contributed by atoms with van der Waals surface area (Å²) in [4.78, 5) is 51.3. The van der Waals surface area contributed by atoms with Crippen molar-refractivity contribution < 1.29 is 57.1 Å². The van der Waals surface area contributed by atoms with E-state index < -0.39 is 24.6 Å². The second kappa shape index (κ2) is 57.5. The van der Waals surface area contributed by atoms with Gasteiger partial charge in [-0.05, 0) is 84.8 Å². The molecule has 466 valence electrons. The molecule has 0 saturated carbocycles. The molecule has 1 unspecified atom stereocenters. The lowest BCUT2D eigenvalue weighted by Crippen LogP contribution is -2.40. The Kier molecular flexibility index (Phi) is 54.4. The highest BCUT2D eigenvalue weighted by Gasteiger charge is 2.47. The minimum absolute atomic E-state index is 0.0491. The molecule has 13 nitrogen and oxygen atoms in total. The highest BCUT2D eigenvalue weighted by atomic mass is 16.7. The van der Waals surface area contributed by atoms with Crippen molar-refractivity contribution in [2.24, 2.45) is 0 Å². The SMILES string of the molecule is CCCCCCCCCC(=O)OCCCCCCCCCOC1[C@@H](COC(=O)CCCN(C)C)O[C@@H](OCCCCCCCCCOC(=O)CCCCCCC)[C@H]1OCCCCCCCCCOC(=O)CCCCCCCCC. The van der Waals surface area contributed by atoms with E-state index in [0.717, 1.165) is 186 Å². The average Bonchev–Trinajstić information content (AvgIpc) is 3.92. The molecule has 1 saturated heterocycles. The van der Waals surface area contributed by atoms with Crippen LogP contribution in [0.5, 0.6) is 0 Å².